The van der Waals surface area contributed by atoms with Gasteiger partial charge < -0.3 is 10.5 Å². The third kappa shape index (κ3) is 2.17. The molecule has 0 radical (unpaired) electrons. The third-order valence-corrected chi connectivity index (χ3v) is 4.35. The molecule has 2 heterocycles. The summed E-state index contributed by atoms with van der Waals surface area (Å²) in [6, 6.07) is 0. The zero-order chi connectivity index (χ0) is 11.5. The van der Waals surface area contributed by atoms with E-state index in [1.165, 1.54) is 11.1 Å². The largest absolute Gasteiger partial charge is 0.378 e. The molecular weight excluding hydrogens is 240 g/mol. The molecule has 0 unspecified atom stereocenters. The number of thiophene rings is 1. The summed E-state index contributed by atoms with van der Waals surface area (Å²) in [5.74, 6) is 0. The Morgan fingerprint density at radius 2 is 2.25 bits per heavy atom. The van der Waals surface area contributed by atoms with Crippen LogP contribution in [0.3, 0.4) is 0 Å². The lowest BCUT2D eigenvalue weighted by Gasteiger charge is -1.95. The van der Waals surface area contributed by atoms with Gasteiger partial charge in [-0.25, -0.2) is 4.98 Å². The van der Waals surface area contributed by atoms with Crippen molar-refractivity contribution in [2.75, 3.05) is 7.11 Å². The fourth-order valence-electron chi connectivity index (χ4n) is 1.49. The van der Waals surface area contributed by atoms with Gasteiger partial charge in [0.1, 0.15) is 5.01 Å². The molecule has 0 bridgehead atoms. The summed E-state index contributed by atoms with van der Waals surface area (Å²) < 4.78 is 5.12. The van der Waals surface area contributed by atoms with Crippen LogP contribution in [0.1, 0.15) is 16.1 Å². The van der Waals surface area contributed by atoms with Crippen LogP contribution >= 0.6 is 22.7 Å². The van der Waals surface area contributed by atoms with Crippen molar-refractivity contribution in [2.24, 2.45) is 5.73 Å². The summed E-state index contributed by atoms with van der Waals surface area (Å²) in [5, 5.41) is 5.31. The Bertz CT molecular complexity index is 476. The van der Waals surface area contributed by atoms with E-state index in [0.29, 0.717) is 13.2 Å². The highest BCUT2D eigenvalue weighted by molar-refractivity contribution is 7.15. The average Bonchev–Trinajstić information content (AvgIpc) is 2.85. The normalized spacial score (nSPS) is 10.9. The maximum absolute atomic E-state index is 5.70. The quantitative estimate of drug-likeness (QED) is 0.912. The minimum atomic E-state index is 0.527. The van der Waals surface area contributed by atoms with E-state index in [2.05, 4.69) is 22.7 Å². The van der Waals surface area contributed by atoms with Gasteiger partial charge in [-0.1, -0.05) is 0 Å². The van der Waals surface area contributed by atoms with Crippen LogP contribution in [0.5, 0.6) is 0 Å². The van der Waals surface area contributed by atoms with Crippen LogP contribution in [0.25, 0.3) is 10.6 Å². The third-order valence-electron chi connectivity index (χ3n) is 2.33. The molecule has 0 spiro atoms. The molecule has 0 aliphatic heterocycles. The molecule has 2 N–H and O–H groups in total. The van der Waals surface area contributed by atoms with E-state index in [4.69, 9.17) is 10.5 Å². The summed E-state index contributed by atoms with van der Waals surface area (Å²) in [7, 11) is 1.68. The predicted molar refractivity (Wildman–Crippen MR) is 68.8 cm³/mol. The first-order valence-corrected chi connectivity index (χ1v) is 6.73. The van der Waals surface area contributed by atoms with Gasteiger partial charge in [0.05, 0.1) is 12.3 Å². The zero-order valence-corrected chi connectivity index (χ0v) is 11.0. The number of hydrogen-bond acceptors (Lipinski definition) is 5. The number of nitrogens with zero attached hydrogens (tertiary/aromatic N) is 1. The van der Waals surface area contributed by atoms with E-state index < -0.39 is 0 Å². The number of hydrogen-bond donors (Lipinski definition) is 1. The molecule has 0 amide bonds. The fourth-order valence-corrected chi connectivity index (χ4v) is 3.42. The number of nitrogens with two attached hydrogens (primary N) is 1. The Kier molecular flexibility index (Phi) is 3.70. The molecule has 3 nitrogen and oxygen atoms in total. The van der Waals surface area contributed by atoms with Gasteiger partial charge >= 0.3 is 0 Å². The van der Waals surface area contributed by atoms with E-state index in [1.807, 2.05) is 0 Å². The van der Waals surface area contributed by atoms with E-state index >= 15 is 0 Å². The number of rotatable bonds is 4. The molecule has 0 saturated heterocycles. The number of methoxy groups -OCH3 is 1. The van der Waals surface area contributed by atoms with E-state index in [9.17, 15) is 0 Å². The highest BCUT2D eigenvalue weighted by Gasteiger charge is 2.13. The van der Waals surface area contributed by atoms with Crippen LogP contribution in [0, 0.1) is 6.92 Å². The monoisotopic (exact) mass is 254 g/mol. The highest BCUT2D eigenvalue weighted by Crippen LogP contribution is 2.32. The van der Waals surface area contributed by atoms with Gasteiger partial charge in [-0.15, -0.1) is 11.3 Å². The smallest absolute Gasteiger partial charge is 0.125 e. The zero-order valence-electron chi connectivity index (χ0n) is 9.32. The van der Waals surface area contributed by atoms with Crippen molar-refractivity contribution in [3.8, 4) is 10.6 Å². The number of thiazole rings is 1. The molecular formula is C11H14N2OS2. The van der Waals surface area contributed by atoms with Gasteiger partial charge in [-0.2, -0.15) is 11.3 Å². The predicted octanol–water partition coefficient (Wildman–Crippen LogP) is 2.79. The van der Waals surface area contributed by atoms with Crippen molar-refractivity contribution in [2.45, 2.75) is 20.1 Å². The van der Waals surface area contributed by atoms with Crippen LogP contribution in [0.4, 0.5) is 0 Å². The Labute approximate surface area is 103 Å². The minimum Gasteiger partial charge on any atom is -0.378 e. The maximum Gasteiger partial charge on any atom is 0.125 e. The average molecular weight is 254 g/mol. The van der Waals surface area contributed by atoms with Crippen molar-refractivity contribution in [1.29, 1.82) is 0 Å². The lowest BCUT2D eigenvalue weighted by Crippen LogP contribution is -1.99. The van der Waals surface area contributed by atoms with Gasteiger partial charge in [0, 0.05) is 29.5 Å². The van der Waals surface area contributed by atoms with Gasteiger partial charge in [0.15, 0.2) is 0 Å². The maximum atomic E-state index is 5.70. The van der Waals surface area contributed by atoms with Crippen LogP contribution in [-0.4, -0.2) is 12.1 Å². The Morgan fingerprint density at radius 1 is 1.44 bits per heavy atom. The molecule has 16 heavy (non-hydrogen) atoms. The SMILES string of the molecule is COCc1nc(-c2cscc2C)sc1CN. The number of aromatic nitrogens is 1. The summed E-state index contributed by atoms with van der Waals surface area (Å²) in [6.45, 7) is 3.16. The second-order valence-electron chi connectivity index (χ2n) is 3.49. The first-order chi connectivity index (χ1) is 7.76. The Morgan fingerprint density at radius 3 is 2.81 bits per heavy atom. The Balaban J connectivity index is 2.39. The van der Waals surface area contributed by atoms with Crippen molar-refractivity contribution in [3.05, 3.63) is 26.9 Å². The van der Waals surface area contributed by atoms with Crippen LogP contribution < -0.4 is 5.73 Å². The second-order valence-corrected chi connectivity index (χ2v) is 5.32. The van der Waals surface area contributed by atoms with Gasteiger partial charge in [-0.3, -0.25) is 0 Å². The van der Waals surface area contributed by atoms with Gasteiger partial charge in [0.2, 0.25) is 0 Å². The summed E-state index contributed by atoms with van der Waals surface area (Å²) in [6.07, 6.45) is 0. The molecule has 0 aromatic carbocycles. The molecule has 86 valence electrons. The standard InChI is InChI=1S/C11H14N2OS2/c1-7-5-15-6-8(7)11-13-9(4-14-2)10(3-12)16-11/h5-6H,3-4,12H2,1-2H3. The molecule has 2 aromatic heterocycles. The van der Waals surface area contributed by atoms with Crippen molar-refractivity contribution in [3.63, 3.8) is 0 Å². The molecule has 0 atom stereocenters. The summed E-state index contributed by atoms with van der Waals surface area (Å²) >= 11 is 3.36. The summed E-state index contributed by atoms with van der Waals surface area (Å²) in [5.41, 5.74) is 9.16. The van der Waals surface area contributed by atoms with E-state index in [1.54, 1.807) is 29.8 Å². The van der Waals surface area contributed by atoms with Crippen molar-refractivity contribution in [1.82, 2.24) is 4.98 Å². The number of aryl methyl sites for hydroxylation is 1. The van der Waals surface area contributed by atoms with Crippen LogP contribution in [0.15, 0.2) is 10.8 Å². The molecule has 0 fully saturated rings. The second kappa shape index (κ2) is 5.05. The fraction of sp³-hybridized carbons (Fsp3) is 0.364. The summed E-state index contributed by atoms with van der Waals surface area (Å²) in [4.78, 5) is 5.71. The lowest BCUT2D eigenvalue weighted by molar-refractivity contribution is 0.181. The van der Waals surface area contributed by atoms with Gasteiger partial charge in [0.25, 0.3) is 0 Å². The molecule has 0 saturated carbocycles. The number of ether oxygens (including phenoxy) is 1. The minimum absolute atomic E-state index is 0.527. The van der Waals surface area contributed by atoms with Gasteiger partial charge in [-0.05, 0) is 17.9 Å². The topological polar surface area (TPSA) is 48.1 Å². The Hall–Kier alpha value is -0.750. The van der Waals surface area contributed by atoms with Crippen LogP contribution in [-0.2, 0) is 17.9 Å². The molecule has 0 aliphatic carbocycles. The lowest BCUT2D eigenvalue weighted by atomic mass is 10.2. The van der Waals surface area contributed by atoms with Crippen molar-refractivity contribution >= 4 is 22.7 Å². The molecule has 2 aromatic rings. The van der Waals surface area contributed by atoms with Crippen molar-refractivity contribution < 1.29 is 4.74 Å². The molecule has 2 rings (SSSR count). The first-order valence-electron chi connectivity index (χ1n) is 4.97. The highest BCUT2D eigenvalue weighted by atomic mass is 32.1. The van der Waals surface area contributed by atoms with E-state index in [-0.39, 0.29) is 0 Å². The first kappa shape index (κ1) is 11.7. The van der Waals surface area contributed by atoms with Crippen LogP contribution in [0.2, 0.25) is 0 Å². The van der Waals surface area contributed by atoms with E-state index in [0.717, 1.165) is 15.6 Å². The molecule has 0 aliphatic rings. The molecule has 5 heteroatoms.